The minimum atomic E-state index is -1.62. The van der Waals surface area contributed by atoms with E-state index in [1.807, 2.05) is 21.1 Å². The predicted octanol–water partition coefficient (Wildman–Crippen LogP) is 12.3. The summed E-state index contributed by atoms with van der Waals surface area (Å²) in [5.74, 6) is -2.29. The lowest BCUT2D eigenvalue weighted by atomic mass is 10.0. The summed E-state index contributed by atoms with van der Waals surface area (Å²) in [5, 5.41) is 11.7. The predicted molar refractivity (Wildman–Crippen MR) is 246 cm³/mol. The summed E-state index contributed by atoms with van der Waals surface area (Å²) in [6, 6.07) is 0. The molecule has 9 nitrogen and oxygen atoms in total. The Hall–Kier alpha value is -2.23. The second kappa shape index (κ2) is 43.4. The quantitative estimate of drug-likeness (QED) is 0.0196. The van der Waals surface area contributed by atoms with Crippen LogP contribution < -0.4 is 5.11 Å². The van der Waals surface area contributed by atoms with Crippen LogP contribution in [0, 0.1) is 0 Å². The molecule has 352 valence electrons. The van der Waals surface area contributed by atoms with Gasteiger partial charge in [0.1, 0.15) is 13.2 Å². The topological polar surface area (TPSA) is 111 Å². The van der Waals surface area contributed by atoms with Crippen LogP contribution in [-0.2, 0) is 33.3 Å². The van der Waals surface area contributed by atoms with Crippen LogP contribution in [0.3, 0.4) is 0 Å². The van der Waals surface area contributed by atoms with E-state index in [2.05, 4.69) is 38.2 Å². The maximum Gasteiger partial charge on any atom is 0.306 e. The zero-order valence-electron chi connectivity index (χ0n) is 39.8. The van der Waals surface area contributed by atoms with Gasteiger partial charge in [-0.05, 0) is 44.9 Å². The van der Waals surface area contributed by atoms with Crippen LogP contribution in [-0.4, -0.2) is 82.3 Å². The first kappa shape index (κ1) is 57.8. The van der Waals surface area contributed by atoms with Gasteiger partial charge in [-0.25, -0.2) is 0 Å². The van der Waals surface area contributed by atoms with Gasteiger partial charge in [-0.1, -0.05) is 192 Å². The van der Waals surface area contributed by atoms with E-state index >= 15 is 0 Å². The maximum absolute atomic E-state index is 12.8. The number of aliphatic carboxylic acids is 1. The number of carbonyl (C=O) groups excluding carboxylic acids is 3. The van der Waals surface area contributed by atoms with Crippen LogP contribution in [0.25, 0.3) is 0 Å². The monoisotopic (exact) mass is 850 g/mol. The molecule has 0 aromatic heterocycles. The minimum Gasteiger partial charge on any atom is -0.545 e. The van der Waals surface area contributed by atoms with Crippen molar-refractivity contribution < 1.29 is 42.9 Å². The number of rotatable bonds is 46. The summed E-state index contributed by atoms with van der Waals surface area (Å²) in [6.07, 6.45) is 44.9. The van der Waals surface area contributed by atoms with Gasteiger partial charge in [0.2, 0.25) is 0 Å². The summed E-state index contributed by atoms with van der Waals surface area (Å²) in [4.78, 5) is 37.1. The van der Waals surface area contributed by atoms with Gasteiger partial charge in [-0.3, -0.25) is 9.59 Å². The molecule has 2 unspecified atom stereocenters. The number of likely N-dealkylation sites (N-methyl/N-ethyl adjacent to an activating group) is 1. The molecule has 0 fully saturated rings. The molecule has 60 heavy (non-hydrogen) atoms. The summed E-state index contributed by atoms with van der Waals surface area (Å²) < 4.78 is 22.6. The summed E-state index contributed by atoms with van der Waals surface area (Å²) in [7, 11) is 5.91. The first-order valence-corrected chi connectivity index (χ1v) is 25.0. The number of nitrogens with zero attached hydrogens (tertiary/aromatic N) is 1. The molecule has 0 aromatic carbocycles. The average molecular weight is 850 g/mol. The Morgan fingerprint density at radius 2 is 0.900 bits per heavy atom. The van der Waals surface area contributed by atoms with Gasteiger partial charge >= 0.3 is 11.9 Å². The lowest BCUT2D eigenvalue weighted by Crippen LogP contribution is -2.44. The van der Waals surface area contributed by atoms with E-state index in [0.29, 0.717) is 23.9 Å². The number of hydrogen-bond donors (Lipinski definition) is 0. The lowest BCUT2D eigenvalue weighted by molar-refractivity contribution is -0.870. The van der Waals surface area contributed by atoms with E-state index < -0.39 is 24.3 Å². The Kier molecular flexibility index (Phi) is 41.8. The molecule has 0 bridgehead atoms. The summed E-state index contributed by atoms with van der Waals surface area (Å²) >= 11 is 0. The van der Waals surface area contributed by atoms with E-state index in [4.69, 9.17) is 18.9 Å². The summed E-state index contributed by atoms with van der Waals surface area (Å²) in [6.45, 7) is 4.74. The number of allylic oxidation sites excluding steroid dienone is 4. The molecule has 9 heteroatoms. The van der Waals surface area contributed by atoms with E-state index in [-0.39, 0.29) is 32.2 Å². The molecule has 0 aromatic rings. The van der Waals surface area contributed by atoms with Crippen molar-refractivity contribution >= 4 is 17.9 Å². The van der Waals surface area contributed by atoms with Gasteiger partial charge < -0.3 is 33.3 Å². The molecular formula is C51H95NO8. The van der Waals surface area contributed by atoms with Crippen LogP contribution in [0.5, 0.6) is 0 Å². The molecule has 0 amide bonds. The van der Waals surface area contributed by atoms with Crippen LogP contribution >= 0.6 is 0 Å². The fourth-order valence-electron chi connectivity index (χ4n) is 7.04. The van der Waals surface area contributed by atoms with Crippen molar-refractivity contribution in [3.8, 4) is 0 Å². The fourth-order valence-corrected chi connectivity index (χ4v) is 7.04. The highest BCUT2D eigenvalue weighted by Crippen LogP contribution is 2.16. The standard InChI is InChI=1S/C51H95NO8/c1-6-8-10-12-14-16-18-20-22-24-25-26-28-29-31-33-35-37-39-41-48(53)58-45-47(46-59-51(50(55)56)57-44-43-52(3,4)5)60-49(54)42-40-38-36-34-32-30-27-23-21-19-17-15-13-11-9-7-2/h17,19,23,27,47,51H,6-16,18,20-22,24-26,28-46H2,1-5H3/b19-17-,27-23-. The number of esters is 2. The molecule has 0 radical (unpaired) electrons. The third-order valence-corrected chi connectivity index (χ3v) is 11.0. The van der Waals surface area contributed by atoms with Crippen molar-refractivity contribution in [2.75, 3.05) is 47.5 Å². The van der Waals surface area contributed by atoms with Crippen LogP contribution in [0.4, 0.5) is 0 Å². The van der Waals surface area contributed by atoms with Crippen LogP contribution in [0.1, 0.15) is 226 Å². The largest absolute Gasteiger partial charge is 0.545 e. The molecule has 0 saturated heterocycles. The number of hydrogen-bond acceptors (Lipinski definition) is 8. The Bertz CT molecular complexity index is 1040. The lowest BCUT2D eigenvalue weighted by Gasteiger charge is -2.26. The van der Waals surface area contributed by atoms with Crippen molar-refractivity contribution in [2.45, 2.75) is 238 Å². The van der Waals surface area contributed by atoms with Crippen molar-refractivity contribution in [3.63, 3.8) is 0 Å². The second-order valence-corrected chi connectivity index (χ2v) is 18.1. The maximum atomic E-state index is 12.8. The number of carboxylic acids is 1. The van der Waals surface area contributed by atoms with Gasteiger partial charge in [-0.15, -0.1) is 0 Å². The van der Waals surface area contributed by atoms with E-state index in [1.54, 1.807) is 0 Å². The van der Waals surface area contributed by atoms with E-state index in [9.17, 15) is 19.5 Å². The number of carboxylic acid groups (broad SMARTS) is 1. The smallest absolute Gasteiger partial charge is 0.306 e. The minimum absolute atomic E-state index is 0.147. The highest BCUT2D eigenvalue weighted by atomic mass is 16.7. The van der Waals surface area contributed by atoms with E-state index in [1.165, 1.54) is 135 Å². The zero-order chi connectivity index (χ0) is 44.2. The van der Waals surface area contributed by atoms with Crippen molar-refractivity contribution in [2.24, 2.45) is 0 Å². The van der Waals surface area contributed by atoms with Crippen LogP contribution in [0.15, 0.2) is 24.3 Å². The Morgan fingerprint density at radius 3 is 1.33 bits per heavy atom. The number of ether oxygens (including phenoxy) is 4. The highest BCUT2D eigenvalue weighted by Gasteiger charge is 2.21. The first-order valence-electron chi connectivity index (χ1n) is 25.0. The molecule has 0 spiro atoms. The number of unbranched alkanes of at least 4 members (excludes halogenated alkanes) is 27. The van der Waals surface area contributed by atoms with Gasteiger partial charge in [-0.2, -0.15) is 0 Å². The normalized spacial score (nSPS) is 13.0. The van der Waals surface area contributed by atoms with E-state index in [0.717, 1.165) is 57.8 Å². The Labute approximate surface area is 369 Å². The van der Waals surface area contributed by atoms with Gasteiger partial charge in [0.15, 0.2) is 12.4 Å². The first-order chi connectivity index (χ1) is 29.1. The summed E-state index contributed by atoms with van der Waals surface area (Å²) in [5.41, 5.74) is 0. The molecular weight excluding hydrogens is 755 g/mol. The third-order valence-electron chi connectivity index (χ3n) is 11.0. The molecule has 0 rings (SSSR count). The second-order valence-electron chi connectivity index (χ2n) is 18.1. The highest BCUT2D eigenvalue weighted by molar-refractivity contribution is 5.70. The molecule has 0 aliphatic carbocycles. The number of quaternary nitrogens is 1. The van der Waals surface area contributed by atoms with Crippen molar-refractivity contribution in [3.05, 3.63) is 24.3 Å². The van der Waals surface area contributed by atoms with Gasteiger partial charge in [0.25, 0.3) is 0 Å². The van der Waals surface area contributed by atoms with Crippen molar-refractivity contribution in [1.82, 2.24) is 0 Å². The van der Waals surface area contributed by atoms with Crippen LogP contribution in [0.2, 0.25) is 0 Å². The third kappa shape index (κ3) is 43.8. The fraction of sp³-hybridized carbons (Fsp3) is 0.863. The molecule has 0 aliphatic rings. The molecule has 2 atom stereocenters. The molecule has 0 N–H and O–H groups in total. The Morgan fingerprint density at radius 1 is 0.500 bits per heavy atom. The molecule has 0 aliphatic heterocycles. The Balaban J connectivity index is 4.35. The average Bonchev–Trinajstić information content (AvgIpc) is 3.21. The van der Waals surface area contributed by atoms with Crippen molar-refractivity contribution in [1.29, 1.82) is 0 Å². The SMILES string of the molecule is CCCCCC/C=C\C/C=C\CCCCCCCC(=O)OC(COC(=O)CCCCCCCCCCCCCCCCCCCCC)COC(OCC[N+](C)(C)C)C(=O)[O-]. The van der Waals surface area contributed by atoms with Gasteiger partial charge in [0, 0.05) is 12.8 Å². The zero-order valence-corrected chi connectivity index (χ0v) is 39.8. The van der Waals surface area contributed by atoms with Gasteiger partial charge in [0.05, 0.1) is 40.3 Å². The number of carbonyl (C=O) groups is 3. The molecule has 0 saturated carbocycles. The molecule has 0 heterocycles.